The van der Waals surface area contributed by atoms with Crippen molar-refractivity contribution >= 4 is 17.5 Å². The fraction of sp³-hybridized carbons (Fsp3) is 0.458. The number of hydrogen-bond acceptors (Lipinski definition) is 3. The molecule has 0 saturated heterocycles. The molecule has 2 aromatic carbocycles. The zero-order valence-corrected chi connectivity index (χ0v) is 18.2. The van der Waals surface area contributed by atoms with Gasteiger partial charge in [-0.2, -0.15) is 0 Å². The van der Waals surface area contributed by atoms with Crippen LogP contribution in [0.1, 0.15) is 54.2 Å². The first-order valence-electron chi connectivity index (χ1n) is 10.5. The van der Waals surface area contributed by atoms with Gasteiger partial charge in [0.25, 0.3) is 5.91 Å². The van der Waals surface area contributed by atoms with Gasteiger partial charge in [0, 0.05) is 36.1 Å². The number of hydrogen-bond donors (Lipinski definition) is 1. The lowest BCUT2D eigenvalue weighted by atomic mass is 9.93. The Hall–Kier alpha value is -2.04. The third-order valence-corrected chi connectivity index (χ3v) is 6.06. The van der Waals surface area contributed by atoms with Crippen LogP contribution in [-0.4, -0.2) is 35.5 Å². The molecule has 29 heavy (non-hydrogen) atoms. The standard InChI is InChI=1S/C24H29ClN2O2/c1-4-9-27-15-17-8-6-5-7-16(17)11-20(27)14-26-23(28)21-12-19(25)10-18-13-24(2,3)29-22(18)21/h5-8,10,12,20H,4,9,11,13-15H2,1-3H3,(H,26,28)/t20-/m0/s1. The minimum Gasteiger partial charge on any atom is -0.486 e. The Labute approximate surface area is 178 Å². The van der Waals surface area contributed by atoms with Crippen molar-refractivity contribution in [3.63, 3.8) is 0 Å². The van der Waals surface area contributed by atoms with Crippen molar-refractivity contribution in [2.45, 2.75) is 58.2 Å². The summed E-state index contributed by atoms with van der Waals surface area (Å²) in [6, 6.07) is 12.5. The third kappa shape index (κ3) is 4.29. The summed E-state index contributed by atoms with van der Waals surface area (Å²) in [6.45, 7) is 8.84. The predicted molar refractivity (Wildman–Crippen MR) is 117 cm³/mol. The van der Waals surface area contributed by atoms with Crippen molar-refractivity contribution in [2.24, 2.45) is 0 Å². The van der Waals surface area contributed by atoms with Gasteiger partial charge in [-0.05, 0) is 56.5 Å². The van der Waals surface area contributed by atoms with Crippen molar-refractivity contribution in [1.29, 1.82) is 0 Å². The number of fused-ring (bicyclic) bond motifs is 2. The number of rotatable bonds is 5. The highest BCUT2D eigenvalue weighted by molar-refractivity contribution is 6.31. The largest absolute Gasteiger partial charge is 0.486 e. The van der Waals surface area contributed by atoms with E-state index in [2.05, 4.69) is 41.4 Å². The molecule has 0 bridgehead atoms. The van der Waals surface area contributed by atoms with Crippen molar-refractivity contribution in [1.82, 2.24) is 10.2 Å². The van der Waals surface area contributed by atoms with E-state index in [0.29, 0.717) is 28.9 Å². The lowest BCUT2D eigenvalue weighted by Crippen LogP contribution is -2.47. The second kappa shape index (κ2) is 8.00. The normalized spacial score (nSPS) is 19.9. The van der Waals surface area contributed by atoms with Crippen molar-refractivity contribution in [2.75, 3.05) is 13.1 Å². The van der Waals surface area contributed by atoms with Gasteiger partial charge >= 0.3 is 0 Å². The Bertz CT molecular complexity index is 925. The molecule has 2 aliphatic rings. The highest BCUT2D eigenvalue weighted by atomic mass is 35.5. The van der Waals surface area contributed by atoms with E-state index in [1.807, 2.05) is 19.9 Å². The van der Waals surface area contributed by atoms with Crippen LogP contribution in [0.5, 0.6) is 5.75 Å². The second-order valence-corrected chi connectivity index (χ2v) is 9.22. The Morgan fingerprint density at radius 2 is 2.00 bits per heavy atom. The van der Waals surface area contributed by atoms with Crippen LogP contribution in [-0.2, 0) is 19.4 Å². The topological polar surface area (TPSA) is 41.6 Å². The van der Waals surface area contributed by atoms with Crippen LogP contribution in [0.2, 0.25) is 5.02 Å². The van der Waals surface area contributed by atoms with Gasteiger partial charge in [0.2, 0.25) is 0 Å². The summed E-state index contributed by atoms with van der Waals surface area (Å²) in [7, 11) is 0. The summed E-state index contributed by atoms with van der Waals surface area (Å²) in [6.07, 6.45) is 2.80. The van der Waals surface area contributed by atoms with Crippen LogP contribution in [0.15, 0.2) is 36.4 Å². The molecule has 4 nitrogen and oxygen atoms in total. The zero-order chi connectivity index (χ0) is 20.6. The SMILES string of the molecule is CCCN1Cc2ccccc2C[C@H]1CNC(=O)c1cc(Cl)cc2c1OC(C)(C)C2. The monoisotopic (exact) mass is 412 g/mol. The molecule has 0 aliphatic carbocycles. The number of benzene rings is 2. The lowest BCUT2D eigenvalue weighted by Gasteiger charge is -2.37. The zero-order valence-electron chi connectivity index (χ0n) is 17.4. The van der Waals surface area contributed by atoms with Gasteiger partial charge in [0.15, 0.2) is 0 Å². The predicted octanol–water partition coefficient (Wildman–Crippen LogP) is 4.62. The van der Waals surface area contributed by atoms with E-state index >= 15 is 0 Å². The molecule has 4 rings (SSSR count). The molecule has 0 saturated carbocycles. The molecule has 2 aromatic rings. The van der Waals surface area contributed by atoms with E-state index in [4.69, 9.17) is 16.3 Å². The average Bonchev–Trinajstić information content (AvgIpc) is 2.99. The van der Waals surface area contributed by atoms with E-state index in [1.54, 1.807) is 6.07 Å². The number of carbonyl (C=O) groups is 1. The molecule has 5 heteroatoms. The van der Waals surface area contributed by atoms with Gasteiger partial charge in [0.05, 0.1) is 5.56 Å². The first kappa shape index (κ1) is 20.2. The molecule has 2 aliphatic heterocycles. The Morgan fingerprint density at radius 3 is 2.76 bits per heavy atom. The molecule has 2 heterocycles. The lowest BCUT2D eigenvalue weighted by molar-refractivity contribution is 0.0912. The van der Waals surface area contributed by atoms with Crippen LogP contribution < -0.4 is 10.1 Å². The number of ether oxygens (including phenoxy) is 1. The maximum Gasteiger partial charge on any atom is 0.255 e. The summed E-state index contributed by atoms with van der Waals surface area (Å²) in [5.74, 6) is 0.563. The molecule has 154 valence electrons. The van der Waals surface area contributed by atoms with Gasteiger partial charge in [-0.1, -0.05) is 42.8 Å². The van der Waals surface area contributed by atoms with Gasteiger partial charge in [-0.25, -0.2) is 0 Å². The fourth-order valence-corrected chi connectivity index (χ4v) is 4.78. The highest BCUT2D eigenvalue weighted by Gasteiger charge is 2.34. The number of nitrogens with zero attached hydrogens (tertiary/aromatic N) is 1. The number of halogens is 1. The molecular weight excluding hydrogens is 384 g/mol. The summed E-state index contributed by atoms with van der Waals surface area (Å²) in [4.78, 5) is 15.5. The van der Waals surface area contributed by atoms with Crippen LogP contribution in [0, 0.1) is 0 Å². The number of carbonyl (C=O) groups excluding carboxylic acids is 1. The smallest absolute Gasteiger partial charge is 0.255 e. The van der Waals surface area contributed by atoms with Crippen molar-refractivity contribution in [3.05, 3.63) is 63.7 Å². The van der Waals surface area contributed by atoms with Crippen LogP contribution in [0.4, 0.5) is 0 Å². The molecule has 1 atom stereocenters. The molecule has 0 fully saturated rings. The second-order valence-electron chi connectivity index (χ2n) is 8.79. The Morgan fingerprint density at radius 1 is 1.24 bits per heavy atom. The molecule has 0 unspecified atom stereocenters. The van der Waals surface area contributed by atoms with E-state index in [9.17, 15) is 4.79 Å². The summed E-state index contributed by atoms with van der Waals surface area (Å²) in [5.41, 5.74) is 4.01. The maximum atomic E-state index is 13.1. The quantitative estimate of drug-likeness (QED) is 0.779. The number of amides is 1. The van der Waals surface area contributed by atoms with Crippen LogP contribution >= 0.6 is 11.6 Å². The minimum absolute atomic E-state index is 0.114. The Balaban J connectivity index is 1.50. The average molecular weight is 413 g/mol. The Kier molecular flexibility index (Phi) is 5.58. The summed E-state index contributed by atoms with van der Waals surface area (Å²) >= 11 is 6.29. The summed E-state index contributed by atoms with van der Waals surface area (Å²) < 4.78 is 6.07. The van der Waals surface area contributed by atoms with Gasteiger partial charge < -0.3 is 10.1 Å². The van der Waals surface area contributed by atoms with Crippen LogP contribution in [0.3, 0.4) is 0 Å². The summed E-state index contributed by atoms with van der Waals surface area (Å²) in [5, 5.41) is 3.73. The van der Waals surface area contributed by atoms with E-state index in [1.165, 1.54) is 11.1 Å². The maximum absolute atomic E-state index is 13.1. The molecule has 1 N–H and O–H groups in total. The van der Waals surface area contributed by atoms with E-state index in [0.717, 1.165) is 37.9 Å². The first-order chi connectivity index (χ1) is 13.9. The van der Waals surface area contributed by atoms with Crippen molar-refractivity contribution in [3.8, 4) is 5.75 Å². The molecule has 0 radical (unpaired) electrons. The molecule has 0 aromatic heterocycles. The van der Waals surface area contributed by atoms with E-state index < -0.39 is 0 Å². The minimum atomic E-state index is -0.312. The van der Waals surface area contributed by atoms with Gasteiger partial charge in [-0.15, -0.1) is 0 Å². The fourth-order valence-electron chi connectivity index (χ4n) is 4.54. The van der Waals surface area contributed by atoms with E-state index in [-0.39, 0.29) is 11.5 Å². The third-order valence-electron chi connectivity index (χ3n) is 5.84. The molecular formula is C24H29ClN2O2. The first-order valence-corrected chi connectivity index (χ1v) is 10.8. The van der Waals surface area contributed by atoms with Gasteiger partial charge in [-0.3, -0.25) is 9.69 Å². The molecule has 1 amide bonds. The van der Waals surface area contributed by atoms with Crippen molar-refractivity contribution < 1.29 is 9.53 Å². The van der Waals surface area contributed by atoms with Crippen LogP contribution in [0.25, 0.3) is 0 Å². The highest BCUT2D eigenvalue weighted by Crippen LogP contribution is 2.39. The van der Waals surface area contributed by atoms with Gasteiger partial charge in [0.1, 0.15) is 11.4 Å². The molecule has 0 spiro atoms. The number of nitrogens with one attached hydrogen (secondary N) is 1.